The zero-order valence-corrected chi connectivity index (χ0v) is 32.7. The Labute approximate surface area is 307 Å². The van der Waals surface area contributed by atoms with Crippen LogP contribution in [0.4, 0.5) is 0 Å². The number of carbonyl (C=O) groups is 3. The lowest BCUT2D eigenvalue weighted by atomic mass is 10.0. The molecule has 0 heterocycles. The highest BCUT2D eigenvalue weighted by Gasteiger charge is 2.14. The average Bonchev–Trinajstić information content (AvgIpc) is 3.10. The zero-order valence-electron chi connectivity index (χ0n) is 32.7. The molecular formula is C43H75NO6. The maximum atomic E-state index is 12.5. The molecule has 0 aromatic rings. The van der Waals surface area contributed by atoms with E-state index >= 15 is 0 Å². The number of methoxy groups -OCH3 is 2. The fraction of sp³-hybridized carbons (Fsp3) is 0.744. The summed E-state index contributed by atoms with van der Waals surface area (Å²) in [5.41, 5.74) is 0. The van der Waals surface area contributed by atoms with Gasteiger partial charge in [0.1, 0.15) is 6.10 Å². The topological polar surface area (TPSA) is 82.1 Å². The molecule has 7 nitrogen and oxygen atoms in total. The van der Waals surface area contributed by atoms with Crippen molar-refractivity contribution in [3.63, 3.8) is 0 Å². The Morgan fingerprint density at radius 1 is 0.460 bits per heavy atom. The SMILES string of the molecule is COC(=O)CCCC=CCC=CCCCCCCCCC(CCCCCCCCC=CCC=CCCCC(=O)OC)OC(=O)CCCN(C)C. The van der Waals surface area contributed by atoms with Crippen molar-refractivity contribution in [2.45, 2.75) is 173 Å². The van der Waals surface area contributed by atoms with Crippen LogP contribution in [-0.4, -0.2) is 63.8 Å². The number of ether oxygens (including phenoxy) is 3. The van der Waals surface area contributed by atoms with Crippen LogP contribution in [0.2, 0.25) is 0 Å². The van der Waals surface area contributed by atoms with Gasteiger partial charge < -0.3 is 19.1 Å². The molecule has 288 valence electrons. The molecule has 0 saturated carbocycles. The molecular weight excluding hydrogens is 626 g/mol. The van der Waals surface area contributed by atoms with Crippen molar-refractivity contribution < 1.29 is 28.6 Å². The molecule has 0 aliphatic heterocycles. The van der Waals surface area contributed by atoms with Crippen molar-refractivity contribution in [2.24, 2.45) is 0 Å². The summed E-state index contributed by atoms with van der Waals surface area (Å²) in [6.07, 6.45) is 44.6. The minimum absolute atomic E-state index is 0.0268. The van der Waals surface area contributed by atoms with Crippen molar-refractivity contribution in [2.75, 3.05) is 34.9 Å². The largest absolute Gasteiger partial charge is 0.469 e. The van der Waals surface area contributed by atoms with Crippen LogP contribution in [0.5, 0.6) is 0 Å². The van der Waals surface area contributed by atoms with E-state index in [9.17, 15) is 14.4 Å². The Hall–Kier alpha value is -2.67. The van der Waals surface area contributed by atoms with Gasteiger partial charge in [-0.25, -0.2) is 0 Å². The first-order valence-electron chi connectivity index (χ1n) is 20.0. The molecule has 50 heavy (non-hydrogen) atoms. The van der Waals surface area contributed by atoms with Crippen LogP contribution in [0.15, 0.2) is 48.6 Å². The number of rotatable bonds is 35. The van der Waals surface area contributed by atoms with E-state index in [2.05, 4.69) is 63.0 Å². The van der Waals surface area contributed by atoms with Gasteiger partial charge in [0.25, 0.3) is 0 Å². The number of unbranched alkanes of at least 4 members (excludes halogenated alkanes) is 14. The molecule has 0 saturated heterocycles. The number of allylic oxidation sites excluding steroid dienone is 8. The molecule has 0 aromatic heterocycles. The fourth-order valence-corrected chi connectivity index (χ4v) is 5.68. The Morgan fingerprint density at radius 2 is 0.820 bits per heavy atom. The second kappa shape index (κ2) is 37.6. The van der Waals surface area contributed by atoms with E-state index in [1.54, 1.807) is 0 Å². The van der Waals surface area contributed by atoms with Gasteiger partial charge in [0.05, 0.1) is 14.2 Å². The van der Waals surface area contributed by atoms with E-state index in [4.69, 9.17) is 4.74 Å². The third-order valence-corrected chi connectivity index (χ3v) is 8.75. The van der Waals surface area contributed by atoms with Crippen molar-refractivity contribution in [1.82, 2.24) is 4.90 Å². The molecule has 0 spiro atoms. The lowest BCUT2D eigenvalue weighted by Gasteiger charge is -2.18. The van der Waals surface area contributed by atoms with E-state index < -0.39 is 0 Å². The number of hydrogen-bond acceptors (Lipinski definition) is 7. The smallest absolute Gasteiger partial charge is 0.306 e. The molecule has 0 aliphatic rings. The number of hydrogen-bond donors (Lipinski definition) is 0. The van der Waals surface area contributed by atoms with Crippen LogP contribution in [0, 0.1) is 0 Å². The van der Waals surface area contributed by atoms with Crippen molar-refractivity contribution in [3.05, 3.63) is 48.6 Å². The Bertz CT molecular complexity index is 862. The fourth-order valence-electron chi connectivity index (χ4n) is 5.68. The van der Waals surface area contributed by atoms with E-state index in [-0.39, 0.29) is 24.0 Å². The zero-order chi connectivity index (χ0) is 36.8. The molecule has 0 aliphatic carbocycles. The Morgan fingerprint density at radius 3 is 1.22 bits per heavy atom. The highest BCUT2D eigenvalue weighted by molar-refractivity contribution is 5.69. The molecule has 0 N–H and O–H groups in total. The summed E-state index contributed by atoms with van der Waals surface area (Å²) in [5, 5.41) is 0. The molecule has 0 amide bonds. The number of carbonyl (C=O) groups excluding carboxylic acids is 3. The predicted octanol–water partition coefficient (Wildman–Crippen LogP) is 11.2. The summed E-state index contributed by atoms with van der Waals surface area (Å²) in [6, 6.07) is 0. The van der Waals surface area contributed by atoms with E-state index in [0.717, 1.165) is 90.0 Å². The minimum atomic E-state index is -0.133. The van der Waals surface area contributed by atoms with E-state index in [1.807, 2.05) is 14.1 Å². The number of esters is 3. The summed E-state index contributed by atoms with van der Waals surface area (Å²) >= 11 is 0. The molecule has 7 heteroatoms. The molecule has 0 bridgehead atoms. The molecule has 0 unspecified atom stereocenters. The van der Waals surface area contributed by atoms with Gasteiger partial charge in [0, 0.05) is 19.3 Å². The van der Waals surface area contributed by atoms with Crippen LogP contribution in [0.1, 0.15) is 167 Å². The standard InChI is InChI=1S/C43H75NO6/c1-44(2)39-33-38-43(47)50-40(34-29-25-21-17-13-9-5-7-11-15-19-23-27-31-36-41(45)48-3)35-30-26-22-18-14-10-6-8-12-16-20-24-28-32-37-42(46)49-4/h7-8,11-12,19-20,23-24,40H,5-6,9-10,13-18,21-22,25-39H2,1-4H3. The van der Waals surface area contributed by atoms with Gasteiger partial charge in [-0.15, -0.1) is 0 Å². The first kappa shape index (κ1) is 47.3. The van der Waals surface area contributed by atoms with Crippen LogP contribution in [0.25, 0.3) is 0 Å². The summed E-state index contributed by atoms with van der Waals surface area (Å²) in [6.45, 7) is 0.916. The first-order chi connectivity index (χ1) is 24.4. The third-order valence-electron chi connectivity index (χ3n) is 8.75. The van der Waals surface area contributed by atoms with Gasteiger partial charge in [0.2, 0.25) is 0 Å². The van der Waals surface area contributed by atoms with Gasteiger partial charge in [-0.05, 0) is 117 Å². The van der Waals surface area contributed by atoms with Crippen molar-refractivity contribution >= 4 is 17.9 Å². The van der Waals surface area contributed by atoms with E-state index in [0.29, 0.717) is 19.3 Å². The first-order valence-corrected chi connectivity index (χ1v) is 20.0. The van der Waals surface area contributed by atoms with Crippen LogP contribution >= 0.6 is 0 Å². The molecule has 0 fully saturated rings. The van der Waals surface area contributed by atoms with Crippen LogP contribution < -0.4 is 0 Å². The quantitative estimate of drug-likeness (QED) is 0.0281. The monoisotopic (exact) mass is 702 g/mol. The lowest BCUT2D eigenvalue weighted by molar-refractivity contribution is -0.150. The Balaban J connectivity index is 4.03. The summed E-state index contributed by atoms with van der Waals surface area (Å²) in [7, 11) is 6.95. The third kappa shape index (κ3) is 36.6. The lowest BCUT2D eigenvalue weighted by Crippen LogP contribution is -2.20. The highest BCUT2D eigenvalue weighted by Crippen LogP contribution is 2.18. The number of nitrogens with zero attached hydrogens (tertiary/aromatic N) is 1. The van der Waals surface area contributed by atoms with Gasteiger partial charge in [-0.2, -0.15) is 0 Å². The molecule has 0 rings (SSSR count). The second-order valence-electron chi connectivity index (χ2n) is 13.7. The summed E-state index contributed by atoms with van der Waals surface area (Å²) < 4.78 is 15.3. The average molecular weight is 702 g/mol. The van der Waals surface area contributed by atoms with Crippen LogP contribution in [-0.2, 0) is 28.6 Å². The van der Waals surface area contributed by atoms with Crippen LogP contribution in [0.3, 0.4) is 0 Å². The maximum Gasteiger partial charge on any atom is 0.306 e. The normalized spacial score (nSPS) is 12.6. The Kier molecular flexibility index (Phi) is 35.6. The minimum Gasteiger partial charge on any atom is -0.469 e. The van der Waals surface area contributed by atoms with Gasteiger partial charge in [-0.3, -0.25) is 14.4 Å². The molecule has 0 aromatic carbocycles. The van der Waals surface area contributed by atoms with Crippen molar-refractivity contribution in [1.29, 1.82) is 0 Å². The summed E-state index contributed by atoms with van der Waals surface area (Å²) in [4.78, 5) is 36.8. The predicted molar refractivity (Wildman–Crippen MR) is 209 cm³/mol. The van der Waals surface area contributed by atoms with Crippen molar-refractivity contribution in [3.8, 4) is 0 Å². The van der Waals surface area contributed by atoms with E-state index in [1.165, 1.54) is 78.4 Å². The van der Waals surface area contributed by atoms with Gasteiger partial charge in [-0.1, -0.05) is 100.0 Å². The maximum absolute atomic E-state index is 12.5. The summed E-state index contributed by atoms with van der Waals surface area (Å²) in [5.74, 6) is -0.292. The van der Waals surface area contributed by atoms with Gasteiger partial charge >= 0.3 is 17.9 Å². The molecule has 0 radical (unpaired) electrons. The molecule has 0 atom stereocenters. The highest BCUT2D eigenvalue weighted by atomic mass is 16.5. The second-order valence-corrected chi connectivity index (χ2v) is 13.7. The van der Waals surface area contributed by atoms with Gasteiger partial charge in [0.15, 0.2) is 0 Å².